The molecule has 0 aliphatic rings. The number of rotatable bonds is 2. The normalized spacial score (nSPS) is 10.0. The second-order valence-corrected chi connectivity index (χ2v) is 4.08. The van der Waals surface area contributed by atoms with Crippen molar-refractivity contribution in [3.05, 3.63) is 58.2 Å². The van der Waals surface area contributed by atoms with Gasteiger partial charge in [-0.25, -0.2) is 4.98 Å². The number of hydrogen-bond acceptors (Lipinski definition) is 2. The highest BCUT2D eigenvalue weighted by molar-refractivity contribution is 6.35. The Morgan fingerprint density at radius 3 is 2.47 bits per heavy atom. The Kier molecular flexibility index (Phi) is 3.61. The van der Waals surface area contributed by atoms with E-state index in [2.05, 4.69) is 10.3 Å². The first-order valence-corrected chi connectivity index (χ1v) is 5.60. The average molecular weight is 267 g/mol. The number of anilines is 1. The summed E-state index contributed by atoms with van der Waals surface area (Å²) in [6.07, 6.45) is 1.55. The molecule has 0 spiro atoms. The van der Waals surface area contributed by atoms with Crippen LogP contribution in [-0.4, -0.2) is 10.9 Å². The van der Waals surface area contributed by atoms with Crippen molar-refractivity contribution in [2.75, 3.05) is 5.32 Å². The second kappa shape index (κ2) is 5.17. The molecule has 2 rings (SSSR count). The maximum atomic E-state index is 11.9. The average Bonchev–Trinajstić information content (AvgIpc) is 2.32. The molecule has 0 aliphatic carbocycles. The van der Waals surface area contributed by atoms with Crippen molar-refractivity contribution in [1.29, 1.82) is 0 Å². The van der Waals surface area contributed by atoms with Gasteiger partial charge in [0.15, 0.2) is 5.82 Å². The van der Waals surface area contributed by atoms with Gasteiger partial charge in [-0.1, -0.05) is 35.3 Å². The van der Waals surface area contributed by atoms with E-state index >= 15 is 0 Å². The van der Waals surface area contributed by atoms with Crippen LogP contribution in [0.2, 0.25) is 10.0 Å². The number of pyridine rings is 1. The van der Waals surface area contributed by atoms with Gasteiger partial charge in [0.1, 0.15) is 0 Å². The van der Waals surface area contributed by atoms with Crippen LogP contribution in [-0.2, 0) is 0 Å². The van der Waals surface area contributed by atoms with Crippen molar-refractivity contribution in [2.24, 2.45) is 0 Å². The molecule has 0 unspecified atom stereocenters. The van der Waals surface area contributed by atoms with Crippen molar-refractivity contribution in [2.45, 2.75) is 0 Å². The second-order valence-electron chi connectivity index (χ2n) is 3.27. The van der Waals surface area contributed by atoms with Crippen molar-refractivity contribution in [1.82, 2.24) is 4.98 Å². The third kappa shape index (κ3) is 2.75. The van der Waals surface area contributed by atoms with Gasteiger partial charge in [-0.05, 0) is 24.3 Å². The van der Waals surface area contributed by atoms with Crippen LogP contribution in [0.1, 0.15) is 10.4 Å². The molecule has 1 heterocycles. The summed E-state index contributed by atoms with van der Waals surface area (Å²) in [4.78, 5) is 15.9. The number of amides is 1. The molecule has 1 aromatic carbocycles. The molecule has 0 aliphatic heterocycles. The van der Waals surface area contributed by atoms with Crippen LogP contribution in [0.25, 0.3) is 0 Å². The zero-order valence-electron chi connectivity index (χ0n) is 8.65. The maximum Gasteiger partial charge on any atom is 0.258 e. The summed E-state index contributed by atoms with van der Waals surface area (Å²) in [5, 5.41) is 3.37. The molecule has 17 heavy (non-hydrogen) atoms. The maximum absolute atomic E-state index is 11.9. The number of carbonyl (C=O) groups is 1. The summed E-state index contributed by atoms with van der Waals surface area (Å²) >= 11 is 11.8. The Hall–Kier alpha value is -1.58. The Morgan fingerprint density at radius 2 is 1.76 bits per heavy atom. The zero-order valence-corrected chi connectivity index (χ0v) is 10.2. The molecule has 0 fully saturated rings. The van der Waals surface area contributed by atoms with Crippen LogP contribution in [0.5, 0.6) is 0 Å². The molecule has 1 N–H and O–H groups in total. The van der Waals surface area contributed by atoms with E-state index in [0.717, 1.165) is 0 Å². The highest BCUT2D eigenvalue weighted by Crippen LogP contribution is 2.20. The van der Waals surface area contributed by atoms with Crippen LogP contribution in [0.15, 0.2) is 42.6 Å². The monoisotopic (exact) mass is 266 g/mol. The van der Waals surface area contributed by atoms with Crippen LogP contribution in [0.3, 0.4) is 0 Å². The molecular formula is C12H8Cl2N2O. The highest BCUT2D eigenvalue weighted by atomic mass is 35.5. The molecule has 1 aromatic heterocycles. The lowest BCUT2D eigenvalue weighted by molar-refractivity contribution is 0.102. The van der Waals surface area contributed by atoms with E-state index in [0.29, 0.717) is 21.4 Å². The predicted octanol–water partition coefficient (Wildman–Crippen LogP) is 3.64. The fourth-order valence-corrected chi connectivity index (χ4v) is 1.69. The molecule has 3 nitrogen and oxygen atoms in total. The Balaban J connectivity index is 2.24. The van der Waals surface area contributed by atoms with E-state index in [4.69, 9.17) is 23.2 Å². The minimum atomic E-state index is -0.337. The molecule has 0 bridgehead atoms. The van der Waals surface area contributed by atoms with Gasteiger partial charge in [0.25, 0.3) is 5.91 Å². The number of nitrogens with zero attached hydrogens (tertiary/aromatic N) is 1. The molecular weight excluding hydrogens is 259 g/mol. The number of benzene rings is 1. The van der Waals surface area contributed by atoms with Gasteiger partial charge in [-0.2, -0.15) is 0 Å². The molecule has 1 amide bonds. The van der Waals surface area contributed by atoms with Gasteiger partial charge >= 0.3 is 0 Å². The van der Waals surface area contributed by atoms with Gasteiger partial charge < -0.3 is 5.32 Å². The topological polar surface area (TPSA) is 42.0 Å². The number of aromatic nitrogens is 1. The third-order valence-electron chi connectivity index (χ3n) is 2.11. The minimum Gasteiger partial charge on any atom is -0.305 e. The van der Waals surface area contributed by atoms with Crippen LogP contribution in [0, 0.1) is 0 Å². The molecule has 5 heteroatoms. The van der Waals surface area contributed by atoms with Gasteiger partial charge in [0.2, 0.25) is 0 Å². The lowest BCUT2D eigenvalue weighted by Crippen LogP contribution is -2.13. The predicted molar refractivity (Wildman–Crippen MR) is 68.7 cm³/mol. The van der Waals surface area contributed by atoms with Crippen molar-refractivity contribution in [3.8, 4) is 0 Å². The lowest BCUT2D eigenvalue weighted by atomic mass is 10.2. The molecule has 0 atom stereocenters. The number of halogens is 2. The van der Waals surface area contributed by atoms with E-state index in [1.54, 1.807) is 42.6 Å². The first-order chi connectivity index (χ1) is 8.18. The first-order valence-electron chi connectivity index (χ1n) is 4.85. The lowest BCUT2D eigenvalue weighted by Gasteiger charge is -2.06. The minimum absolute atomic E-state index is 0.319. The Bertz CT molecular complexity index is 558. The largest absolute Gasteiger partial charge is 0.305 e. The quantitative estimate of drug-likeness (QED) is 0.902. The van der Waals surface area contributed by atoms with Crippen molar-refractivity contribution >= 4 is 34.9 Å². The van der Waals surface area contributed by atoms with E-state index in [9.17, 15) is 4.79 Å². The summed E-state index contributed by atoms with van der Waals surface area (Å²) in [5.74, 6) is -0.0183. The summed E-state index contributed by atoms with van der Waals surface area (Å²) < 4.78 is 0. The van der Waals surface area contributed by atoms with Crippen LogP contribution < -0.4 is 5.32 Å². The molecule has 2 aromatic rings. The van der Waals surface area contributed by atoms with Gasteiger partial charge in [-0.15, -0.1) is 0 Å². The molecule has 86 valence electrons. The van der Waals surface area contributed by atoms with E-state index in [1.807, 2.05) is 0 Å². The fraction of sp³-hybridized carbons (Fsp3) is 0. The SMILES string of the molecule is O=C(Nc1ncccc1Cl)c1ccccc1Cl. The van der Waals surface area contributed by atoms with Crippen LogP contribution in [0.4, 0.5) is 5.82 Å². The summed E-state index contributed by atoms with van der Waals surface area (Å²) in [5.41, 5.74) is 0.385. The standard InChI is InChI=1S/C12H8Cl2N2O/c13-9-5-2-1-4-8(9)12(17)16-11-10(14)6-3-7-15-11/h1-7H,(H,15,16,17). The summed E-state index contributed by atoms with van der Waals surface area (Å²) in [6.45, 7) is 0. The number of carbonyl (C=O) groups excluding carboxylic acids is 1. The number of hydrogen-bond donors (Lipinski definition) is 1. The van der Waals surface area contributed by atoms with Gasteiger partial charge in [0.05, 0.1) is 15.6 Å². The number of nitrogens with one attached hydrogen (secondary N) is 1. The van der Waals surface area contributed by atoms with E-state index in [-0.39, 0.29) is 5.91 Å². The Labute approximate surface area is 108 Å². The van der Waals surface area contributed by atoms with Gasteiger partial charge in [0, 0.05) is 6.20 Å². The Morgan fingerprint density at radius 1 is 1.06 bits per heavy atom. The van der Waals surface area contributed by atoms with E-state index < -0.39 is 0 Å². The third-order valence-corrected chi connectivity index (χ3v) is 2.74. The zero-order chi connectivity index (χ0) is 12.3. The van der Waals surface area contributed by atoms with Crippen molar-refractivity contribution in [3.63, 3.8) is 0 Å². The van der Waals surface area contributed by atoms with E-state index in [1.165, 1.54) is 0 Å². The van der Waals surface area contributed by atoms with Gasteiger partial charge in [-0.3, -0.25) is 4.79 Å². The first kappa shape index (κ1) is 11.9. The van der Waals surface area contributed by atoms with Crippen molar-refractivity contribution < 1.29 is 4.79 Å². The highest BCUT2D eigenvalue weighted by Gasteiger charge is 2.11. The summed E-state index contributed by atoms with van der Waals surface area (Å²) in [6, 6.07) is 10.1. The molecule has 0 saturated heterocycles. The molecule has 0 saturated carbocycles. The smallest absolute Gasteiger partial charge is 0.258 e. The fourth-order valence-electron chi connectivity index (χ4n) is 1.30. The molecule has 0 radical (unpaired) electrons. The van der Waals surface area contributed by atoms with Crippen LogP contribution >= 0.6 is 23.2 Å². The summed E-state index contributed by atoms with van der Waals surface area (Å²) in [7, 11) is 0.